The van der Waals surface area contributed by atoms with Crippen LogP contribution in [0.15, 0.2) is 23.1 Å². The SMILES string of the molecule is CN(C)c1sc(-c2cncc(F)c2)nc1Br. The maximum absolute atomic E-state index is 13.0. The first-order chi connectivity index (χ1) is 7.58. The van der Waals surface area contributed by atoms with E-state index in [9.17, 15) is 4.39 Å². The highest BCUT2D eigenvalue weighted by atomic mass is 79.9. The Labute approximate surface area is 105 Å². The number of hydrogen-bond acceptors (Lipinski definition) is 4. The maximum atomic E-state index is 13.0. The van der Waals surface area contributed by atoms with E-state index in [0.29, 0.717) is 5.56 Å². The normalized spacial score (nSPS) is 10.5. The van der Waals surface area contributed by atoms with E-state index in [1.807, 2.05) is 19.0 Å². The molecule has 0 amide bonds. The summed E-state index contributed by atoms with van der Waals surface area (Å²) >= 11 is 4.87. The summed E-state index contributed by atoms with van der Waals surface area (Å²) in [7, 11) is 3.87. The first-order valence-corrected chi connectivity index (χ1v) is 6.13. The monoisotopic (exact) mass is 301 g/mol. The van der Waals surface area contributed by atoms with Crippen LogP contribution in [0.3, 0.4) is 0 Å². The molecule has 0 saturated carbocycles. The van der Waals surface area contributed by atoms with Gasteiger partial charge in [0.1, 0.15) is 20.4 Å². The van der Waals surface area contributed by atoms with Crippen LogP contribution in [-0.2, 0) is 0 Å². The van der Waals surface area contributed by atoms with Crippen LogP contribution in [0.4, 0.5) is 9.39 Å². The van der Waals surface area contributed by atoms with Crippen LogP contribution in [0.25, 0.3) is 10.6 Å². The van der Waals surface area contributed by atoms with Crippen molar-refractivity contribution in [3.05, 3.63) is 28.9 Å². The van der Waals surface area contributed by atoms with Crippen molar-refractivity contribution in [1.29, 1.82) is 0 Å². The molecule has 0 aliphatic heterocycles. The molecule has 3 nitrogen and oxygen atoms in total. The second-order valence-electron chi connectivity index (χ2n) is 3.40. The number of anilines is 1. The third kappa shape index (κ3) is 2.22. The summed E-state index contributed by atoms with van der Waals surface area (Å²) in [6.07, 6.45) is 2.78. The second kappa shape index (κ2) is 4.47. The van der Waals surface area contributed by atoms with Gasteiger partial charge in [-0.3, -0.25) is 4.98 Å². The summed E-state index contributed by atoms with van der Waals surface area (Å²) in [4.78, 5) is 10.1. The molecule has 2 aromatic rings. The van der Waals surface area contributed by atoms with Crippen molar-refractivity contribution >= 4 is 32.3 Å². The van der Waals surface area contributed by atoms with Crippen LogP contribution in [-0.4, -0.2) is 24.1 Å². The fraction of sp³-hybridized carbons (Fsp3) is 0.200. The van der Waals surface area contributed by atoms with Crippen molar-refractivity contribution in [3.8, 4) is 10.6 Å². The predicted molar refractivity (Wildman–Crippen MR) is 67.3 cm³/mol. The largest absolute Gasteiger partial charge is 0.367 e. The number of hydrogen-bond donors (Lipinski definition) is 0. The lowest BCUT2D eigenvalue weighted by Gasteiger charge is -2.07. The lowest BCUT2D eigenvalue weighted by molar-refractivity contribution is 0.622. The van der Waals surface area contributed by atoms with Crippen molar-refractivity contribution in [2.75, 3.05) is 19.0 Å². The molecule has 2 heterocycles. The van der Waals surface area contributed by atoms with Crippen LogP contribution in [0.2, 0.25) is 0 Å². The quantitative estimate of drug-likeness (QED) is 0.853. The van der Waals surface area contributed by atoms with E-state index in [2.05, 4.69) is 25.9 Å². The van der Waals surface area contributed by atoms with E-state index in [-0.39, 0.29) is 5.82 Å². The van der Waals surface area contributed by atoms with Crippen molar-refractivity contribution in [2.24, 2.45) is 0 Å². The third-order valence-electron chi connectivity index (χ3n) is 1.93. The number of thiazole rings is 1. The Hall–Kier alpha value is -1.01. The van der Waals surface area contributed by atoms with Crippen LogP contribution in [0.1, 0.15) is 0 Å². The summed E-state index contributed by atoms with van der Waals surface area (Å²) in [6.45, 7) is 0. The lowest BCUT2D eigenvalue weighted by Crippen LogP contribution is -2.06. The van der Waals surface area contributed by atoms with Crippen molar-refractivity contribution in [2.45, 2.75) is 0 Å². The van der Waals surface area contributed by atoms with Gasteiger partial charge in [-0.05, 0) is 22.0 Å². The molecule has 0 spiro atoms. The highest BCUT2D eigenvalue weighted by Gasteiger charge is 2.12. The molecule has 0 aliphatic rings. The van der Waals surface area contributed by atoms with Gasteiger partial charge in [0.2, 0.25) is 0 Å². The minimum atomic E-state index is -0.352. The first-order valence-electron chi connectivity index (χ1n) is 4.52. The molecule has 2 aromatic heterocycles. The summed E-state index contributed by atoms with van der Waals surface area (Å²) in [5.74, 6) is -0.352. The molecule has 0 unspecified atom stereocenters. The molecule has 6 heteroatoms. The zero-order valence-corrected chi connectivity index (χ0v) is 11.1. The Morgan fingerprint density at radius 3 is 2.69 bits per heavy atom. The number of rotatable bonds is 2. The average Bonchev–Trinajstić information content (AvgIpc) is 2.60. The van der Waals surface area contributed by atoms with Gasteiger partial charge in [0.15, 0.2) is 0 Å². The van der Waals surface area contributed by atoms with Gasteiger partial charge < -0.3 is 4.90 Å². The fourth-order valence-electron chi connectivity index (χ4n) is 1.22. The van der Waals surface area contributed by atoms with E-state index in [1.54, 1.807) is 6.20 Å². The Morgan fingerprint density at radius 2 is 2.12 bits per heavy atom. The van der Waals surface area contributed by atoms with E-state index in [0.717, 1.165) is 14.6 Å². The number of pyridine rings is 1. The van der Waals surface area contributed by atoms with E-state index >= 15 is 0 Å². The molecular formula is C10H9BrFN3S. The summed E-state index contributed by atoms with van der Waals surface area (Å²) in [5, 5.41) is 1.75. The van der Waals surface area contributed by atoms with Gasteiger partial charge in [-0.25, -0.2) is 9.37 Å². The molecule has 0 radical (unpaired) electrons. The van der Waals surface area contributed by atoms with Gasteiger partial charge in [-0.15, -0.1) is 0 Å². The third-order valence-corrected chi connectivity index (χ3v) is 4.02. The predicted octanol–water partition coefficient (Wildman–Crippen LogP) is 3.17. The van der Waals surface area contributed by atoms with Crippen molar-refractivity contribution in [3.63, 3.8) is 0 Å². The summed E-state index contributed by atoms with van der Waals surface area (Å²) in [6, 6.07) is 1.43. The molecule has 0 N–H and O–H groups in total. The highest BCUT2D eigenvalue weighted by molar-refractivity contribution is 9.10. The molecule has 0 atom stereocenters. The van der Waals surface area contributed by atoms with Gasteiger partial charge in [0.05, 0.1) is 6.20 Å². The topological polar surface area (TPSA) is 29.0 Å². The van der Waals surface area contributed by atoms with Crippen LogP contribution in [0, 0.1) is 5.82 Å². The Kier molecular flexibility index (Phi) is 3.20. The zero-order chi connectivity index (χ0) is 11.7. The Morgan fingerprint density at radius 1 is 1.38 bits per heavy atom. The molecule has 0 aliphatic carbocycles. The summed E-state index contributed by atoms with van der Waals surface area (Å²) in [5.41, 5.74) is 0.693. The fourth-order valence-corrected chi connectivity index (χ4v) is 2.98. The van der Waals surface area contributed by atoms with Gasteiger partial charge in [0, 0.05) is 25.9 Å². The van der Waals surface area contributed by atoms with Gasteiger partial charge in [-0.2, -0.15) is 0 Å². The minimum absolute atomic E-state index is 0.352. The molecule has 2 rings (SSSR count). The maximum Gasteiger partial charge on any atom is 0.142 e. The minimum Gasteiger partial charge on any atom is -0.367 e. The van der Waals surface area contributed by atoms with Crippen LogP contribution in [0.5, 0.6) is 0 Å². The van der Waals surface area contributed by atoms with Gasteiger partial charge in [-0.1, -0.05) is 11.3 Å². The molecule has 16 heavy (non-hydrogen) atoms. The van der Waals surface area contributed by atoms with E-state index < -0.39 is 0 Å². The van der Waals surface area contributed by atoms with Crippen LogP contribution >= 0.6 is 27.3 Å². The molecule has 0 saturated heterocycles. The Balaban J connectivity index is 2.45. The molecule has 0 aromatic carbocycles. The smallest absolute Gasteiger partial charge is 0.142 e. The molecule has 84 valence electrons. The first kappa shape index (κ1) is 11.5. The molecular weight excluding hydrogens is 293 g/mol. The molecule has 0 bridgehead atoms. The van der Waals surface area contributed by atoms with Crippen molar-refractivity contribution in [1.82, 2.24) is 9.97 Å². The van der Waals surface area contributed by atoms with Gasteiger partial charge in [0.25, 0.3) is 0 Å². The lowest BCUT2D eigenvalue weighted by atomic mass is 10.3. The highest BCUT2D eigenvalue weighted by Crippen LogP contribution is 2.36. The zero-order valence-electron chi connectivity index (χ0n) is 8.74. The van der Waals surface area contributed by atoms with Crippen molar-refractivity contribution < 1.29 is 4.39 Å². The van der Waals surface area contributed by atoms with E-state index in [1.165, 1.54) is 23.6 Å². The van der Waals surface area contributed by atoms with Crippen LogP contribution < -0.4 is 4.90 Å². The standard InChI is InChI=1S/C10H9BrFN3S/c1-15(2)10-8(11)14-9(16-10)6-3-7(12)5-13-4-6/h3-5H,1-2H3. The number of nitrogens with zero attached hydrogens (tertiary/aromatic N) is 3. The second-order valence-corrected chi connectivity index (χ2v) is 5.13. The summed E-state index contributed by atoms with van der Waals surface area (Å²) < 4.78 is 13.8. The molecule has 0 fully saturated rings. The Bertz CT molecular complexity index is 513. The van der Waals surface area contributed by atoms with E-state index in [4.69, 9.17) is 0 Å². The number of aromatic nitrogens is 2. The average molecular weight is 302 g/mol. The number of halogens is 2. The van der Waals surface area contributed by atoms with Gasteiger partial charge >= 0.3 is 0 Å².